The van der Waals surface area contributed by atoms with E-state index in [4.69, 9.17) is 9.15 Å². The fourth-order valence-corrected chi connectivity index (χ4v) is 4.69. The Morgan fingerprint density at radius 1 is 1.45 bits per heavy atom. The maximum atomic E-state index is 11.2. The zero-order chi connectivity index (χ0) is 14.4. The largest absolute Gasteiger partial charge is 0.468 e. The summed E-state index contributed by atoms with van der Waals surface area (Å²) in [5.41, 5.74) is 1.55. The lowest BCUT2D eigenvalue weighted by atomic mass is 9.51. The van der Waals surface area contributed by atoms with Gasteiger partial charge in [-0.25, -0.2) is 0 Å². The van der Waals surface area contributed by atoms with Gasteiger partial charge in [-0.2, -0.15) is 0 Å². The fourth-order valence-electron chi connectivity index (χ4n) is 4.69. The number of ether oxygens (including phenoxy) is 1. The third-order valence-corrected chi connectivity index (χ3v) is 5.63. The lowest BCUT2D eigenvalue weighted by molar-refractivity contribution is -0.148. The van der Waals surface area contributed by atoms with Gasteiger partial charge in [0, 0.05) is 17.8 Å². The molecule has 0 spiro atoms. The molecule has 0 unspecified atom stereocenters. The van der Waals surface area contributed by atoms with Crippen molar-refractivity contribution >= 4 is 5.97 Å². The van der Waals surface area contributed by atoms with Gasteiger partial charge in [-0.1, -0.05) is 20.3 Å². The van der Waals surface area contributed by atoms with Crippen LogP contribution in [0.1, 0.15) is 57.8 Å². The molecule has 3 nitrogen and oxygen atoms in total. The Morgan fingerprint density at radius 2 is 2.25 bits per heavy atom. The monoisotopic (exact) mass is 276 g/mol. The van der Waals surface area contributed by atoms with Crippen LogP contribution in [0, 0.1) is 11.3 Å². The first-order valence-corrected chi connectivity index (χ1v) is 7.66. The number of hydrogen-bond acceptors (Lipinski definition) is 3. The molecule has 0 amide bonds. The molecule has 3 rings (SSSR count). The smallest absolute Gasteiger partial charge is 0.302 e. The van der Waals surface area contributed by atoms with Crippen LogP contribution in [0.25, 0.3) is 0 Å². The topological polar surface area (TPSA) is 39.4 Å². The molecule has 0 saturated heterocycles. The van der Waals surface area contributed by atoms with Crippen molar-refractivity contribution in [3.63, 3.8) is 0 Å². The van der Waals surface area contributed by atoms with Crippen LogP contribution in [0.4, 0.5) is 0 Å². The van der Waals surface area contributed by atoms with Gasteiger partial charge in [0.2, 0.25) is 0 Å². The van der Waals surface area contributed by atoms with Crippen molar-refractivity contribution in [3.05, 3.63) is 23.7 Å². The predicted octanol–water partition coefficient (Wildman–Crippen LogP) is 3.85. The van der Waals surface area contributed by atoms with Gasteiger partial charge >= 0.3 is 5.97 Å². The zero-order valence-electron chi connectivity index (χ0n) is 12.7. The van der Waals surface area contributed by atoms with Crippen LogP contribution in [0.15, 0.2) is 16.7 Å². The quantitative estimate of drug-likeness (QED) is 0.770. The van der Waals surface area contributed by atoms with Crippen LogP contribution < -0.4 is 0 Å². The lowest BCUT2D eigenvalue weighted by Gasteiger charge is -2.53. The van der Waals surface area contributed by atoms with E-state index in [0.717, 1.165) is 12.8 Å². The first-order chi connectivity index (χ1) is 9.46. The van der Waals surface area contributed by atoms with Crippen molar-refractivity contribution < 1.29 is 13.9 Å². The summed E-state index contributed by atoms with van der Waals surface area (Å²) in [5, 5.41) is 0. The molecular formula is C17H24O3. The van der Waals surface area contributed by atoms with E-state index in [1.807, 2.05) is 6.26 Å². The minimum Gasteiger partial charge on any atom is -0.468 e. The molecule has 2 aliphatic carbocycles. The molecule has 3 heteroatoms. The molecule has 110 valence electrons. The number of furan rings is 1. The highest BCUT2D eigenvalue weighted by Gasteiger charge is 2.53. The van der Waals surface area contributed by atoms with Gasteiger partial charge < -0.3 is 9.15 Å². The Bertz CT molecular complexity index is 518. The average molecular weight is 276 g/mol. The van der Waals surface area contributed by atoms with E-state index in [1.165, 1.54) is 37.5 Å². The summed E-state index contributed by atoms with van der Waals surface area (Å²) < 4.78 is 11.2. The Balaban J connectivity index is 1.92. The standard InChI is InChI=1S/C17H24O3/c1-12(18)20-11-16(2)8-4-9-17(3)14(16)6-5-13-7-10-19-15(13)17/h7,10,14H,4-6,8-9,11H2,1-3H3/t14-,16-,17+/m0/s1. The van der Waals surface area contributed by atoms with E-state index >= 15 is 0 Å². The SMILES string of the molecule is CC(=O)OC[C@]1(C)CCC[C@@]2(C)c3occc3CC[C@@H]12. The number of esters is 1. The summed E-state index contributed by atoms with van der Waals surface area (Å²) in [6.45, 7) is 6.66. The van der Waals surface area contributed by atoms with Gasteiger partial charge in [0.1, 0.15) is 5.76 Å². The van der Waals surface area contributed by atoms with Gasteiger partial charge in [-0.05, 0) is 43.2 Å². The van der Waals surface area contributed by atoms with Gasteiger partial charge in [-0.15, -0.1) is 0 Å². The van der Waals surface area contributed by atoms with Crippen LogP contribution in [-0.2, 0) is 21.4 Å². The van der Waals surface area contributed by atoms with Crippen LogP contribution >= 0.6 is 0 Å². The fraction of sp³-hybridized carbons (Fsp3) is 0.706. The zero-order valence-corrected chi connectivity index (χ0v) is 12.7. The minimum absolute atomic E-state index is 0.0726. The molecule has 2 aliphatic rings. The average Bonchev–Trinajstić information content (AvgIpc) is 2.86. The second-order valence-electron chi connectivity index (χ2n) is 7.07. The maximum absolute atomic E-state index is 11.2. The highest BCUT2D eigenvalue weighted by atomic mass is 16.5. The first-order valence-electron chi connectivity index (χ1n) is 7.66. The molecule has 3 atom stereocenters. The van der Waals surface area contributed by atoms with E-state index in [1.54, 1.807) is 0 Å². The molecule has 0 radical (unpaired) electrons. The maximum Gasteiger partial charge on any atom is 0.302 e. The van der Waals surface area contributed by atoms with Gasteiger partial charge in [0.05, 0.1) is 12.9 Å². The van der Waals surface area contributed by atoms with Crippen molar-refractivity contribution in [1.29, 1.82) is 0 Å². The number of fused-ring (bicyclic) bond motifs is 3. The number of hydrogen-bond donors (Lipinski definition) is 0. The van der Waals surface area contributed by atoms with Gasteiger partial charge in [0.25, 0.3) is 0 Å². The van der Waals surface area contributed by atoms with Crippen molar-refractivity contribution in [2.75, 3.05) is 6.61 Å². The van der Waals surface area contributed by atoms with Crippen LogP contribution in [0.2, 0.25) is 0 Å². The molecular weight excluding hydrogens is 252 g/mol. The predicted molar refractivity (Wildman–Crippen MR) is 76.5 cm³/mol. The Labute approximate surface area is 120 Å². The third kappa shape index (κ3) is 1.99. The van der Waals surface area contributed by atoms with E-state index in [0.29, 0.717) is 12.5 Å². The molecule has 1 saturated carbocycles. The van der Waals surface area contributed by atoms with Crippen molar-refractivity contribution in [2.45, 2.75) is 58.3 Å². The number of rotatable bonds is 2. The van der Waals surface area contributed by atoms with Crippen molar-refractivity contribution in [2.24, 2.45) is 11.3 Å². The normalized spacial score (nSPS) is 36.0. The summed E-state index contributed by atoms with van der Waals surface area (Å²) >= 11 is 0. The molecule has 0 bridgehead atoms. The van der Waals surface area contributed by atoms with E-state index < -0.39 is 0 Å². The summed E-state index contributed by atoms with van der Waals surface area (Å²) in [5.74, 6) is 1.54. The molecule has 20 heavy (non-hydrogen) atoms. The highest BCUT2D eigenvalue weighted by molar-refractivity contribution is 5.65. The number of carbonyl (C=O) groups excluding carboxylic acids is 1. The number of carbonyl (C=O) groups is 1. The molecule has 1 heterocycles. The third-order valence-electron chi connectivity index (χ3n) is 5.63. The molecule has 1 aromatic rings. The molecule has 0 aromatic carbocycles. The van der Waals surface area contributed by atoms with Crippen LogP contribution in [0.3, 0.4) is 0 Å². The van der Waals surface area contributed by atoms with Gasteiger partial charge in [-0.3, -0.25) is 4.79 Å². The Morgan fingerprint density at radius 3 is 3.00 bits per heavy atom. The molecule has 1 aromatic heterocycles. The van der Waals surface area contributed by atoms with Crippen LogP contribution in [0.5, 0.6) is 0 Å². The Kier molecular flexibility index (Phi) is 3.19. The molecule has 0 N–H and O–H groups in total. The lowest BCUT2D eigenvalue weighted by Crippen LogP contribution is -2.50. The van der Waals surface area contributed by atoms with Crippen molar-refractivity contribution in [1.82, 2.24) is 0 Å². The second kappa shape index (κ2) is 4.64. The first kappa shape index (κ1) is 13.7. The summed E-state index contributed by atoms with van der Waals surface area (Å²) in [6.07, 6.45) is 7.56. The van der Waals surface area contributed by atoms with E-state index in [2.05, 4.69) is 19.9 Å². The number of aryl methyl sites for hydroxylation is 1. The summed E-state index contributed by atoms with van der Waals surface area (Å²) in [6, 6.07) is 2.12. The van der Waals surface area contributed by atoms with Crippen molar-refractivity contribution in [3.8, 4) is 0 Å². The van der Waals surface area contributed by atoms with Gasteiger partial charge in [0.15, 0.2) is 0 Å². The Hall–Kier alpha value is -1.25. The summed E-state index contributed by atoms with van der Waals surface area (Å²) in [4.78, 5) is 11.2. The van der Waals surface area contributed by atoms with E-state index in [9.17, 15) is 4.79 Å². The molecule has 1 fully saturated rings. The van der Waals surface area contributed by atoms with E-state index in [-0.39, 0.29) is 16.8 Å². The minimum atomic E-state index is -0.173. The summed E-state index contributed by atoms with van der Waals surface area (Å²) in [7, 11) is 0. The van der Waals surface area contributed by atoms with Crippen LogP contribution in [-0.4, -0.2) is 12.6 Å². The second-order valence-corrected chi connectivity index (χ2v) is 7.07. The highest BCUT2D eigenvalue weighted by Crippen LogP contribution is 2.57. The molecule has 0 aliphatic heterocycles.